The molecule has 52 valence electrons. The van der Waals surface area contributed by atoms with Crippen molar-refractivity contribution in [2.24, 2.45) is 5.41 Å². The normalized spacial score (nSPS) is 46.0. The first-order chi connectivity index (χ1) is 4.21. The summed E-state index contributed by atoms with van der Waals surface area (Å²) in [5.41, 5.74) is 0.389. The summed E-state index contributed by atoms with van der Waals surface area (Å²) >= 11 is 0. The monoisotopic (exact) mass is 127 g/mol. The van der Waals surface area contributed by atoms with Gasteiger partial charge >= 0.3 is 0 Å². The molecule has 2 fully saturated rings. The van der Waals surface area contributed by atoms with E-state index in [1.54, 1.807) is 0 Å². The van der Waals surface area contributed by atoms with Gasteiger partial charge in [0.1, 0.15) is 0 Å². The zero-order valence-electron chi connectivity index (χ0n) is 5.98. The molecule has 2 bridgehead atoms. The second kappa shape index (κ2) is 1.50. The molecule has 0 aromatic carbocycles. The summed E-state index contributed by atoms with van der Waals surface area (Å²) in [6.45, 7) is 6.51. The Morgan fingerprint density at radius 3 is 2.44 bits per heavy atom. The first kappa shape index (κ1) is 5.69. The van der Waals surface area contributed by atoms with Crippen LogP contribution < -0.4 is 5.32 Å². The van der Waals surface area contributed by atoms with Crippen molar-refractivity contribution in [3.63, 3.8) is 0 Å². The largest absolute Gasteiger partial charge is 0.375 e. The molecule has 2 heteroatoms. The third-order valence-corrected chi connectivity index (χ3v) is 2.74. The van der Waals surface area contributed by atoms with Crippen molar-refractivity contribution in [2.45, 2.75) is 26.0 Å². The maximum Gasteiger partial charge on any atom is 0.0766 e. The van der Waals surface area contributed by atoms with Gasteiger partial charge in [-0.2, -0.15) is 0 Å². The summed E-state index contributed by atoms with van der Waals surface area (Å²) in [4.78, 5) is 0. The van der Waals surface area contributed by atoms with Gasteiger partial charge in [0, 0.05) is 18.0 Å². The fourth-order valence-corrected chi connectivity index (χ4v) is 1.76. The standard InChI is InChI=1S/C7H13NO/c1-7(2)5-4-9-6(7)3-8-5/h5-6,8H,3-4H2,1-2H3. The Morgan fingerprint density at radius 1 is 1.56 bits per heavy atom. The molecule has 2 saturated heterocycles. The van der Waals surface area contributed by atoms with E-state index in [2.05, 4.69) is 19.2 Å². The molecule has 9 heavy (non-hydrogen) atoms. The van der Waals surface area contributed by atoms with Crippen LogP contribution >= 0.6 is 0 Å². The lowest BCUT2D eigenvalue weighted by Crippen LogP contribution is -2.33. The maximum absolute atomic E-state index is 5.50. The van der Waals surface area contributed by atoms with Crippen LogP contribution in [0.15, 0.2) is 0 Å². The van der Waals surface area contributed by atoms with E-state index in [4.69, 9.17) is 4.74 Å². The maximum atomic E-state index is 5.50. The van der Waals surface area contributed by atoms with Gasteiger partial charge in [0.15, 0.2) is 0 Å². The molecular formula is C7H13NO. The van der Waals surface area contributed by atoms with Crippen LogP contribution in [0.1, 0.15) is 13.8 Å². The lowest BCUT2D eigenvalue weighted by molar-refractivity contribution is 0.0660. The Balaban J connectivity index is 2.26. The fourth-order valence-electron chi connectivity index (χ4n) is 1.76. The van der Waals surface area contributed by atoms with Crippen molar-refractivity contribution in [1.82, 2.24) is 5.32 Å². The first-order valence-corrected chi connectivity index (χ1v) is 3.56. The lowest BCUT2D eigenvalue weighted by atomic mass is 9.86. The van der Waals surface area contributed by atoms with Crippen LogP contribution in [-0.2, 0) is 4.74 Å². The summed E-state index contributed by atoms with van der Waals surface area (Å²) < 4.78 is 5.50. The summed E-state index contributed by atoms with van der Waals surface area (Å²) in [5.74, 6) is 0. The van der Waals surface area contributed by atoms with E-state index < -0.39 is 0 Å². The van der Waals surface area contributed by atoms with E-state index in [1.165, 1.54) is 0 Å². The molecule has 0 radical (unpaired) electrons. The predicted octanol–water partition coefficient (Wildman–Crippen LogP) is 0.383. The molecule has 2 atom stereocenters. The molecule has 2 nitrogen and oxygen atoms in total. The third-order valence-electron chi connectivity index (χ3n) is 2.74. The molecular weight excluding hydrogens is 114 g/mol. The Morgan fingerprint density at radius 2 is 2.33 bits per heavy atom. The molecule has 0 spiro atoms. The van der Waals surface area contributed by atoms with Crippen molar-refractivity contribution in [3.8, 4) is 0 Å². The minimum absolute atomic E-state index is 0.389. The van der Waals surface area contributed by atoms with Gasteiger partial charge in [-0.1, -0.05) is 13.8 Å². The van der Waals surface area contributed by atoms with Gasteiger partial charge in [-0.05, 0) is 0 Å². The lowest BCUT2D eigenvalue weighted by Gasteiger charge is -2.19. The number of hydrogen-bond donors (Lipinski definition) is 1. The summed E-state index contributed by atoms with van der Waals surface area (Å²) in [6.07, 6.45) is 0.475. The van der Waals surface area contributed by atoms with Crippen molar-refractivity contribution >= 4 is 0 Å². The van der Waals surface area contributed by atoms with Crippen LogP contribution in [0.5, 0.6) is 0 Å². The molecule has 2 rings (SSSR count). The second-order valence-electron chi connectivity index (χ2n) is 3.60. The predicted molar refractivity (Wildman–Crippen MR) is 35.3 cm³/mol. The van der Waals surface area contributed by atoms with E-state index in [1.807, 2.05) is 0 Å². The fraction of sp³-hybridized carbons (Fsp3) is 1.00. The molecule has 2 aliphatic heterocycles. The van der Waals surface area contributed by atoms with E-state index in [0.29, 0.717) is 17.6 Å². The van der Waals surface area contributed by atoms with Crippen LogP contribution in [0.4, 0.5) is 0 Å². The number of hydrogen-bond acceptors (Lipinski definition) is 2. The number of fused-ring (bicyclic) bond motifs is 2. The molecule has 1 N–H and O–H groups in total. The highest BCUT2D eigenvalue weighted by molar-refractivity contribution is 5.02. The molecule has 0 aromatic heterocycles. The van der Waals surface area contributed by atoms with Crippen LogP contribution in [0.25, 0.3) is 0 Å². The zero-order chi connectivity index (χ0) is 6.48. The Bertz CT molecular complexity index is 111. The molecule has 0 saturated carbocycles. The Kier molecular flexibility index (Phi) is 0.945. The van der Waals surface area contributed by atoms with Crippen LogP contribution in [0, 0.1) is 5.41 Å². The highest BCUT2D eigenvalue weighted by atomic mass is 16.5. The van der Waals surface area contributed by atoms with E-state index >= 15 is 0 Å². The minimum Gasteiger partial charge on any atom is -0.375 e. The highest BCUT2D eigenvalue weighted by Gasteiger charge is 2.49. The minimum atomic E-state index is 0.389. The quantitative estimate of drug-likeness (QED) is 0.508. The number of rotatable bonds is 0. The van der Waals surface area contributed by atoms with Crippen LogP contribution in [-0.4, -0.2) is 25.3 Å². The van der Waals surface area contributed by atoms with Crippen molar-refractivity contribution in [2.75, 3.05) is 13.2 Å². The van der Waals surface area contributed by atoms with Gasteiger partial charge in [-0.25, -0.2) is 0 Å². The van der Waals surface area contributed by atoms with Gasteiger partial charge in [-0.3, -0.25) is 0 Å². The second-order valence-corrected chi connectivity index (χ2v) is 3.60. The van der Waals surface area contributed by atoms with E-state index in [-0.39, 0.29) is 0 Å². The number of nitrogens with one attached hydrogen (secondary N) is 1. The van der Waals surface area contributed by atoms with E-state index in [9.17, 15) is 0 Å². The molecule has 0 amide bonds. The van der Waals surface area contributed by atoms with Gasteiger partial charge in [0.2, 0.25) is 0 Å². The van der Waals surface area contributed by atoms with Crippen LogP contribution in [0.3, 0.4) is 0 Å². The first-order valence-electron chi connectivity index (χ1n) is 3.56. The molecule has 0 aliphatic carbocycles. The molecule has 2 heterocycles. The van der Waals surface area contributed by atoms with Crippen LogP contribution in [0.2, 0.25) is 0 Å². The average Bonchev–Trinajstić information content (AvgIpc) is 2.24. The highest BCUT2D eigenvalue weighted by Crippen LogP contribution is 2.38. The van der Waals surface area contributed by atoms with Gasteiger partial charge in [-0.15, -0.1) is 0 Å². The number of morpholine rings is 1. The molecule has 0 aromatic rings. The van der Waals surface area contributed by atoms with Crippen molar-refractivity contribution < 1.29 is 4.74 Å². The van der Waals surface area contributed by atoms with Gasteiger partial charge in [0.05, 0.1) is 12.7 Å². The summed E-state index contributed by atoms with van der Waals surface area (Å²) in [7, 11) is 0. The Labute approximate surface area is 55.6 Å². The SMILES string of the molecule is CC1(C)C2COC1CN2. The number of ether oxygens (including phenoxy) is 1. The van der Waals surface area contributed by atoms with Gasteiger partial charge in [0.25, 0.3) is 0 Å². The molecule has 2 unspecified atom stereocenters. The third kappa shape index (κ3) is 0.578. The smallest absolute Gasteiger partial charge is 0.0766 e. The van der Waals surface area contributed by atoms with Crippen molar-refractivity contribution in [3.05, 3.63) is 0 Å². The van der Waals surface area contributed by atoms with Gasteiger partial charge < -0.3 is 10.1 Å². The zero-order valence-corrected chi connectivity index (χ0v) is 5.98. The summed E-state index contributed by atoms with van der Waals surface area (Å²) in [5, 5.41) is 3.42. The molecule has 2 aliphatic rings. The van der Waals surface area contributed by atoms with Crippen molar-refractivity contribution in [1.29, 1.82) is 0 Å². The average molecular weight is 127 g/mol. The van der Waals surface area contributed by atoms with E-state index in [0.717, 1.165) is 13.2 Å². The topological polar surface area (TPSA) is 21.3 Å². The summed E-state index contributed by atoms with van der Waals surface area (Å²) in [6, 6.07) is 0.613. The Hall–Kier alpha value is -0.0800.